The first-order valence-corrected chi connectivity index (χ1v) is 5.55. The van der Waals surface area contributed by atoms with Crippen LogP contribution in [0, 0.1) is 5.41 Å². The number of carbonyl (C=O) groups excluding carboxylic acids is 1. The van der Waals surface area contributed by atoms with E-state index in [1.54, 1.807) is 12.1 Å². The predicted molar refractivity (Wildman–Crippen MR) is 58.5 cm³/mol. The topological polar surface area (TPSA) is 26.3 Å². The highest BCUT2D eigenvalue weighted by Crippen LogP contribution is 2.57. The highest BCUT2D eigenvalue weighted by molar-refractivity contribution is 5.81. The Bertz CT molecular complexity index is 405. The minimum Gasteiger partial charge on any atom is -0.460 e. The summed E-state index contributed by atoms with van der Waals surface area (Å²) in [5.74, 6) is -3.78. The van der Waals surface area contributed by atoms with Gasteiger partial charge in [-0.25, -0.2) is 8.78 Å². The van der Waals surface area contributed by atoms with Crippen LogP contribution in [0.3, 0.4) is 0 Å². The average Bonchev–Trinajstić information content (AvgIpc) is 3.07. The van der Waals surface area contributed by atoms with E-state index >= 15 is 0 Å². The molecule has 0 spiro atoms. The quantitative estimate of drug-likeness (QED) is 0.755. The number of ether oxygens (including phenoxy) is 1. The fourth-order valence-corrected chi connectivity index (χ4v) is 1.81. The molecule has 0 atom stereocenters. The van der Waals surface area contributed by atoms with Crippen LogP contribution in [0.25, 0.3) is 0 Å². The van der Waals surface area contributed by atoms with Gasteiger partial charge in [-0.05, 0) is 18.4 Å². The Hall–Kier alpha value is -1.45. The summed E-state index contributed by atoms with van der Waals surface area (Å²) in [6.07, 6.45) is 0.425. The molecule has 0 bridgehead atoms. The summed E-state index contributed by atoms with van der Waals surface area (Å²) in [5, 5.41) is 0. The second kappa shape index (κ2) is 4.09. The number of hydrogen-bond donors (Lipinski definition) is 0. The molecular formula is C13H14F2O2. The Labute approximate surface area is 98.6 Å². The Morgan fingerprint density at radius 3 is 2.41 bits per heavy atom. The minimum absolute atomic E-state index is 0.0531. The molecule has 0 unspecified atom stereocenters. The lowest BCUT2D eigenvalue weighted by Gasteiger charge is -2.21. The third kappa shape index (κ3) is 2.30. The molecule has 17 heavy (non-hydrogen) atoms. The fraction of sp³-hybridized carbons (Fsp3) is 0.462. The Morgan fingerprint density at radius 1 is 1.35 bits per heavy atom. The maximum atomic E-state index is 13.2. The molecule has 2 nitrogen and oxygen atoms in total. The lowest BCUT2D eigenvalue weighted by molar-refractivity contribution is -0.167. The van der Waals surface area contributed by atoms with Gasteiger partial charge >= 0.3 is 5.97 Å². The summed E-state index contributed by atoms with van der Waals surface area (Å²) >= 11 is 0. The second-order valence-electron chi connectivity index (χ2n) is 4.53. The van der Waals surface area contributed by atoms with Crippen LogP contribution in [0.1, 0.15) is 25.3 Å². The van der Waals surface area contributed by atoms with E-state index in [9.17, 15) is 13.6 Å². The first-order chi connectivity index (χ1) is 7.96. The van der Waals surface area contributed by atoms with Gasteiger partial charge in [-0.2, -0.15) is 0 Å². The van der Waals surface area contributed by atoms with Crippen LogP contribution in [-0.2, 0) is 16.1 Å². The van der Waals surface area contributed by atoms with Gasteiger partial charge in [0.05, 0.1) is 0 Å². The second-order valence-corrected chi connectivity index (χ2v) is 4.53. The van der Waals surface area contributed by atoms with Crippen molar-refractivity contribution in [2.24, 2.45) is 5.41 Å². The number of esters is 1. The molecule has 0 radical (unpaired) electrons. The van der Waals surface area contributed by atoms with Crippen LogP contribution in [0.4, 0.5) is 8.78 Å². The van der Waals surface area contributed by atoms with E-state index in [0.29, 0.717) is 0 Å². The number of carbonyl (C=O) groups is 1. The van der Waals surface area contributed by atoms with Crippen molar-refractivity contribution in [1.29, 1.82) is 0 Å². The van der Waals surface area contributed by atoms with Gasteiger partial charge in [0.25, 0.3) is 5.92 Å². The van der Waals surface area contributed by atoms with Gasteiger partial charge in [-0.15, -0.1) is 0 Å². The molecule has 1 aliphatic rings. The van der Waals surface area contributed by atoms with E-state index < -0.39 is 17.3 Å². The molecule has 1 aliphatic carbocycles. The van der Waals surface area contributed by atoms with E-state index in [1.165, 1.54) is 0 Å². The minimum atomic E-state index is -3.00. The molecule has 0 N–H and O–H groups in total. The zero-order valence-electron chi connectivity index (χ0n) is 9.58. The molecule has 1 aromatic carbocycles. The summed E-state index contributed by atoms with van der Waals surface area (Å²) in [7, 11) is 0. The largest absolute Gasteiger partial charge is 0.460 e. The van der Waals surface area contributed by atoms with Crippen molar-refractivity contribution in [3.05, 3.63) is 35.9 Å². The highest BCUT2D eigenvalue weighted by Gasteiger charge is 2.65. The maximum Gasteiger partial charge on any atom is 0.318 e. The normalized spacial score (nSPS) is 17.6. The predicted octanol–water partition coefficient (Wildman–Crippen LogP) is 3.17. The summed E-state index contributed by atoms with van der Waals surface area (Å²) in [5.41, 5.74) is -0.766. The molecule has 0 heterocycles. The van der Waals surface area contributed by atoms with E-state index in [2.05, 4.69) is 0 Å². The number of alkyl halides is 2. The molecule has 4 heteroatoms. The van der Waals surface area contributed by atoms with Crippen molar-refractivity contribution >= 4 is 5.97 Å². The van der Waals surface area contributed by atoms with Crippen molar-refractivity contribution in [2.75, 3.05) is 0 Å². The van der Waals surface area contributed by atoms with Crippen molar-refractivity contribution < 1.29 is 18.3 Å². The van der Waals surface area contributed by atoms with Crippen molar-refractivity contribution in [1.82, 2.24) is 0 Å². The molecular weight excluding hydrogens is 226 g/mol. The highest BCUT2D eigenvalue weighted by atomic mass is 19.3. The van der Waals surface area contributed by atoms with Crippen LogP contribution >= 0.6 is 0 Å². The number of benzene rings is 1. The molecule has 1 saturated carbocycles. The van der Waals surface area contributed by atoms with Crippen LogP contribution in [-0.4, -0.2) is 11.9 Å². The monoisotopic (exact) mass is 240 g/mol. The van der Waals surface area contributed by atoms with Gasteiger partial charge in [0.2, 0.25) is 0 Å². The third-order valence-electron chi connectivity index (χ3n) is 3.19. The van der Waals surface area contributed by atoms with Crippen LogP contribution in [0.5, 0.6) is 0 Å². The summed E-state index contributed by atoms with van der Waals surface area (Å²) < 4.78 is 31.4. The summed E-state index contributed by atoms with van der Waals surface area (Å²) in [4.78, 5) is 11.6. The third-order valence-corrected chi connectivity index (χ3v) is 3.19. The van der Waals surface area contributed by atoms with Crippen molar-refractivity contribution in [3.63, 3.8) is 0 Å². The molecule has 0 aromatic heterocycles. The SMILES string of the molecule is CC(F)(F)C1(C(=O)OCc2ccccc2)CC1. The van der Waals surface area contributed by atoms with E-state index in [4.69, 9.17) is 4.74 Å². The number of rotatable bonds is 4. The van der Waals surface area contributed by atoms with Crippen LogP contribution in [0.15, 0.2) is 30.3 Å². The van der Waals surface area contributed by atoms with Crippen molar-refractivity contribution in [2.45, 2.75) is 32.3 Å². The number of halogens is 2. The van der Waals surface area contributed by atoms with E-state index in [0.717, 1.165) is 12.5 Å². The number of hydrogen-bond acceptors (Lipinski definition) is 2. The molecule has 1 fully saturated rings. The Balaban J connectivity index is 1.95. The fourth-order valence-electron chi connectivity index (χ4n) is 1.81. The summed E-state index contributed by atoms with van der Waals surface area (Å²) in [6, 6.07) is 9.04. The van der Waals surface area contributed by atoms with Gasteiger partial charge in [0.1, 0.15) is 12.0 Å². The molecule has 0 amide bonds. The van der Waals surface area contributed by atoms with Gasteiger partial charge in [0.15, 0.2) is 0 Å². The van der Waals surface area contributed by atoms with Crippen LogP contribution in [0.2, 0.25) is 0 Å². The first-order valence-electron chi connectivity index (χ1n) is 5.55. The average molecular weight is 240 g/mol. The van der Waals surface area contributed by atoms with E-state index in [1.807, 2.05) is 18.2 Å². The van der Waals surface area contributed by atoms with Gasteiger partial charge in [-0.3, -0.25) is 4.79 Å². The Kier molecular flexibility index (Phi) is 2.89. The Morgan fingerprint density at radius 2 is 1.94 bits per heavy atom. The lowest BCUT2D eigenvalue weighted by atomic mass is 10.00. The van der Waals surface area contributed by atoms with Gasteiger partial charge < -0.3 is 4.74 Å². The van der Waals surface area contributed by atoms with Crippen LogP contribution < -0.4 is 0 Å². The maximum absolute atomic E-state index is 13.2. The molecule has 92 valence electrons. The molecule has 0 saturated heterocycles. The molecule has 1 aromatic rings. The van der Waals surface area contributed by atoms with Gasteiger partial charge in [0, 0.05) is 6.92 Å². The van der Waals surface area contributed by atoms with Gasteiger partial charge in [-0.1, -0.05) is 30.3 Å². The zero-order chi connectivity index (χ0) is 12.5. The first kappa shape index (κ1) is 12.0. The standard InChI is InChI=1S/C13H14F2O2/c1-12(14,15)13(7-8-13)11(16)17-9-10-5-3-2-4-6-10/h2-6H,7-9H2,1H3. The summed E-state index contributed by atoms with van der Waals surface area (Å²) in [6.45, 7) is 0.835. The van der Waals surface area contributed by atoms with Crippen molar-refractivity contribution in [3.8, 4) is 0 Å². The zero-order valence-corrected chi connectivity index (χ0v) is 9.58. The lowest BCUT2D eigenvalue weighted by Crippen LogP contribution is -2.35. The molecule has 2 rings (SSSR count). The van der Waals surface area contributed by atoms with E-state index in [-0.39, 0.29) is 19.4 Å². The molecule has 0 aliphatic heterocycles. The smallest absolute Gasteiger partial charge is 0.318 e.